The number of hydrogen-bond donors (Lipinski definition) is 1. The molecule has 1 fully saturated rings. The molecule has 0 saturated carbocycles. The highest BCUT2D eigenvalue weighted by Crippen LogP contribution is 2.43. The fourth-order valence-corrected chi connectivity index (χ4v) is 3.18. The molecule has 1 unspecified atom stereocenters. The average molecular weight is 303 g/mol. The highest BCUT2D eigenvalue weighted by molar-refractivity contribution is 6.62. The monoisotopic (exact) mass is 303 g/mol. The molecule has 3 rings (SSSR count). The molecular formula is C17H26BNO3. The van der Waals surface area contributed by atoms with Gasteiger partial charge in [0.25, 0.3) is 0 Å². The molecule has 2 aliphatic heterocycles. The lowest BCUT2D eigenvalue weighted by Crippen LogP contribution is -2.41. The van der Waals surface area contributed by atoms with Gasteiger partial charge in [0.2, 0.25) is 0 Å². The molecule has 22 heavy (non-hydrogen) atoms. The molecule has 1 atom stereocenters. The zero-order chi connectivity index (χ0) is 16.5. The number of fused-ring (bicyclic) bond motifs is 1. The van der Waals surface area contributed by atoms with Gasteiger partial charge >= 0.3 is 7.12 Å². The summed E-state index contributed by atoms with van der Waals surface area (Å²) in [6, 6.07) is 6.16. The highest BCUT2D eigenvalue weighted by atomic mass is 16.7. The zero-order valence-corrected chi connectivity index (χ0v) is 14.6. The predicted molar refractivity (Wildman–Crippen MR) is 87.9 cm³/mol. The third-order valence-corrected chi connectivity index (χ3v) is 5.79. The van der Waals surface area contributed by atoms with Crippen molar-refractivity contribution < 1.29 is 14.4 Å². The van der Waals surface area contributed by atoms with Gasteiger partial charge in [-0.1, -0.05) is 18.2 Å². The van der Waals surface area contributed by atoms with E-state index in [1.54, 1.807) is 0 Å². The van der Waals surface area contributed by atoms with Gasteiger partial charge in [0, 0.05) is 11.1 Å². The van der Waals surface area contributed by atoms with Gasteiger partial charge < -0.3 is 14.4 Å². The summed E-state index contributed by atoms with van der Waals surface area (Å²) in [6.45, 7) is 12.4. The molecule has 1 saturated heterocycles. The Morgan fingerprint density at radius 3 is 2.14 bits per heavy atom. The number of nitrogens with zero attached hydrogens (tertiary/aromatic N) is 1. The van der Waals surface area contributed by atoms with Crippen LogP contribution in [-0.2, 0) is 14.8 Å². The SMILES string of the molecule is CN1C(O)c2cc(B3OC(C)(C)C(C)(C)O3)ccc2C1(C)C. The molecule has 4 nitrogen and oxygen atoms in total. The van der Waals surface area contributed by atoms with Gasteiger partial charge in [-0.2, -0.15) is 0 Å². The van der Waals surface area contributed by atoms with E-state index in [-0.39, 0.29) is 16.7 Å². The summed E-state index contributed by atoms with van der Waals surface area (Å²) in [4.78, 5) is 1.98. The van der Waals surface area contributed by atoms with E-state index in [9.17, 15) is 5.11 Å². The second kappa shape index (κ2) is 4.57. The number of rotatable bonds is 1. The Morgan fingerprint density at radius 2 is 1.59 bits per heavy atom. The largest absolute Gasteiger partial charge is 0.494 e. The maximum atomic E-state index is 10.5. The van der Waals surface area contributed by atoms with E-state index >= 15 is 0 Å². The predicted octanol–water partition coefficient (Wildman–Crippen LogP) is 2.16. The van der Waals surface area contributed by atoms with Gasteiger partial charge in [0.1, 0.15) is 6.23 Å². The lowest BCUT2D eigenvalue weighted by molar-refractivity contribution is -0.0180. The molecule has 120 valence electrons. The Balaban J connectivity index is 1.97. The van der Waals surface area contributed by atoms with E-state index in [1.165, 1.54) is 0 Å². The highest BCUT2D eigenvalue weighted by Gasteiger charge is 2.52. The van der Waals surface area contributed by atoms with Crippen LogP contribution in [0.4, 0.5) is 0 Å². The van der Waals surface area contributed by atoms with E-state index in [0.717, 1.165) is 16.6 Å². The first-order chi connectivity index (χ1) is 9.97. The lowest BCUT2D eigenvalue weighted by Gasteiger charge is -2.32. The summed E-state index contributed by atoms with van der Waals surface area (Å²) in [5.41, 5.74) is 2.17. The van der Waals surface area contributed by atoms with Crippen LogP contribution in [-0.4, -0.2) is 35.4 Å². The van der Waals surface area contributed by atoms with Crippen molar-refractivity contribution in [3.63, 3.8) is 0 Å². The van der Waals surface area contributed by atoms with Crippen molar-refractivity contribution in [2.45, 2.75) is 64.5 Å². The fraction of sp³-hybridized carbons (Fsp3) is 0.647. The summed E-state index contributed by atoms with van der Waals surface area (Å²) in [6.07, 6.45) is -0.590. The Labute approximate surface area is 133 Å². The molecule has 1 N–H and O–H groups in total. The first-order valence-electron chi connectivity index (χ1n) is 7.88. The van der Waals surface area contributed by atoms with Gasteiger partial charge in [0.05, 0.1) is 11.2 Å². The molecule has 5 heteroatoms. The van der Waals surface area contributed by atoms with E-state index in [0.29, 0.717) is 0 Å². The van der Waals surface area contributed by atoms with Crippen LogP contribution in [0.1, 0.15) is 58.9 Å². The molecule has 1 aromatic rings. The second-order valence-electron chi connectivity index (χ2n) is 7.98. The first kappa shape index (κ1) is 16.0. The van der Waals surface area contributed by atoms with Gasteiger partial charge in [-0.05, 0) is 59.6 Å². The third-order valence-electron chi connectivity index (χ3n) is 5.79. The Morgan fingerprint density at radius 1 is 1.05 bits per heavy atom. The summed E-state index contributed by atoms with van der Waals surface area (Å²) < 4.78 is 12.2. The summed E-state index contributed by atoms with van der Waals surface area (Å²) in [5.74, 6) is 0. The molecule has 0 amide bonds. The number of aliphatic hydroxyl groups excluding tert-OH is 1. The minimum atomic E-state index is -0.590. The van der Waals surface area contributed by atoms with Crippen molar-refractivity contribution in [1.29, 1.82) is 0 Å². The van der Waals surface area contributed by atoms with Crippen molar-refractivity contribution in [3.05, 3.63) is 29.3 Å². The van der Waals surface area contributed by atoms with Crippen molar-refractivity contribution in [1.82, 2.24) is 4.90 Å². The normalized spacial score (nSPS) is 28.9. The van der Waals surface area contributed by atoms with Gasteiger partial charge in [0.15, 0.2) is 0 Å². The van der Waals surface area contributed by atoms with Crippen LogP contribution in [0.25, 0.3) is 0 Å². The fourth-order valence-electron chi connectivity index (χ4n) is 3.18. The van der Waals surface area contributed by atoms with Crippen LogP contribution in [0.15, 0.2) is 18.2 Å². The van der Waals surface area contributed by atoms with Crippen LogP contribution in [0, 0.1) is 0 Å². The van der Waals surface area contributed by atoms with E-state index in [4.69, 9.17) is 9.31 Å². The Bertz CT molecular complexity index is 596. The molecular weight excluding hydrogens is 277 g/mol. The van der Waals surface area contributed by atoms with Crippen LogP contribution in [0.5, 0.6) is 0 Å². The third kappa shape index (κ3) is 2.07. The first-order valence-corrected chi connectivity index (χ1v) is 7.88. The van der Waals surface area contributed by atoms with Crippen molar-refractivity contribution in [3.8, 4) is 0 Å². The molecule has 1 aromatic carbocycles. The van der Waals surface area contributed by atoms with Gasteiger partial charge in [-0.15, -0.1) is 0 Å². The number of hydrogen-bond acceptors (Lipinski definition) is 4. The quantitative estimate of drug-likeness (QED) is 0.807. The molecule has 0 spiro atoms. The summed E-state index contributed by atoms with van der Waals surface area (Å²) in [7, 11) is 1.55. The molecule has 0 bridgehead atoms. The van der Waals surface area contributed by atoms with E-state index in [1.807, 2.05) is 45.7 Å². The van der Waals surface area contributed by atoms with Crippen LogP contribution in [0.3, 0.4) is 0 Å². The zero-order valence-electron chi connectivity index (χ0n) is 14.6. The lowest BCUT2D eigenvalue weighted by atomic mass is 9.77. The van der Waals surface area contributed by atoms with Crippen molar-refractivity contribution in [2.75, 3.05) is 7.05 Å². The molecule has 0 aromatic heterocycles. The molecule has 0 aliphatic carbocycles. The maximum absolute atomic E-state index is 10.5. The Kier molecular flexibility index (Phi) is 3.32. The maximum Gasteiger partial charge on any atom is 0.494 e. The van der Waals surface area contributed by atoms with Crippen molar-refractivity contribution >= 4 is 12.6 Å². The van der Waals surface area contributed by atoms with Crippen molar-refractivity contribution in [2.24, 2.45) is 0 Å². The summed E-state index contributed by atoms with van der Waals surface area (Å²) in [5, 5.41) is 10.5. The topological polar surface area (TPSA) is 41.9 Å². The van der Waals surface area contributed by atoms with E-state index < -0.39 is 13.3 Å². The molecule has 0 radical (unpaired) electrons. The number of aliphatic hydroxyl groups is 1. The van der Waals surface area contributed by atoms with Crippen LogP contribution in [0.2, 0.25) is 0 Å². The minimum Gasteiger partial charge on any atom is -0.399 e. The van der Waals surface area contributed by atoms with E-state index in [2.05, 4.69) is 26.0 Å². The standard InChI is InChI=1S/C17H26BNO3/c1-15(2)13-9-8-11(10-12(13)14(20)19(15)7)18-21-16(3,4)17(5,6)22-18/h8-10,14,20H,1-7H3. The average Bonchev–Trinajstić information content (AvgIpc) is 2.73. The smallest absolute Gasteiger partial charge is 0.399 e. The van der Waals surface area contributed by atoms with Gasteiger partial charge in [-0.25, -0.2) is 0 Å². The minimum absolute atomic E-state index is 0.177. The summed E-state index contributed by atoms with van der Waals surface area (Å²) >= 11 is 0. The Hall–Kier alpha value is -0.875. The molecule has 2 heterocycles. The van der Waals surface area contributed by atoms with Gasteiger partial charge in [-0.3, -0.25) is 4.90 Å². The molecule has 2 aliphatic rings. The number of benzene rings is 1. The van der Waals surface area contributed by atoms with Crippen LogP contribution < -0.4 is 5.46 Å². The van der Waals surface area contributed by atoms with Crippen LogP contribution >= 0.6 is 0 Å². The second-order valence-corrected chi connectivity index (χ2v) is 7.98.